The summed E-state index contributed by atoms with van der Waals surface area (Å²) in [7, 11) is 0. The zero-order valence-electron chi connectivity index (χ0n) is 12.6. The third kappa shape index (κ3) is 2.41. The molecule has 1 heterocycles. The fraction of sp³-hybridized carbons (Fsp3) is 0.444. The van der Waals surface area contributed by atoms with E-state index in [2.05, 4.69) is 6.92 Å². The van der Waals surface area contributed by atoms with Gasteiger partial charge in [0.15, 0.2) is 0 Å². The molecule has 0 bridgehead atoms. The summed E-state index contributed by atoms with van der Waals surface area (Å²) in [6.45, 7) is 4.19. The Hall–Kier alpha value is -1.90. The van der Waals surface area contributed by atoms with Crippen molar-refractivity contribution in [2.75, 3.05) is 0 Å². The number of pyridine rings is 1. The minimum atomic E-state index is -0.818. The number of para-hydroxylation sites is 1. The highest BCUT2D eigenvalue weighted by atomic mass is 16.4. The van der Waals surface area contributed by atoms with Crippen molar-refractivity contribution in [3.05, 3.63) is 40.6 Å². The summed E-state index contributed by atoms with van der Waals surface area (Å²) >= 11 is 0. The average molecular weight is 283 g/mol. The minimum Gasteiger partial charge on any atom is -0.478 e. The number of nitrogens with zero attached hydrogens (tertiary/aromatic N) is 1. The van der Waals surface area contributed by atoms with E-state index < -0.39 is 5.97 Å². The van der Waals surface area contributed by atoms with Gasteiger partial charge in [-0.3, -0.25) is 4.98 Å². The molecule has 1 aliphatic rings. The van der Waals surface area contributed by atoms with Gasteiger partial charge in [0.2, 0.25) is 0 Å². The van der Waals surface area contributed by atoms with Crippen LogP contribution in [0.15, 0.2) is 18.2 Å². The Morgan fingerprint density at radius 1 is 1.43 bits per heavy atom. The van der Waals surface area contributed by atoms with Crippen LogP contribution in [0.25, 0.3) is 10.9 Å². The molecule has 0 aliphatic heterocycles. The summed E-state index contributed by atoms with van der Waals surface area (Å²) < 4.78 is 0. The number of aryl methyl sites for hydroxylation is 2. The molecule has 21 heavy (non-hydrogen) atoms. The Bertz CT molecular complexity index is 706. The Kier molecular flexibility index (Phi) is 3.66. The van der Waals surface area contributed by atoms with E-state index in [0.717, 1.165) is 53.4 Å². The number of aromatic nitrogens is 1. The number of carboxylic acids is 1. The number of rotatable bonds is 3. The first-order valence-electron chi connectivity index (χ1n) is 7.76. The summed E-state index contributed by atoms with van der Waals surface area (Å²) in [4.78, 5) is 16.6. The second-order valence-electron chi connectivity index (χ2n) is 6.09. The number of fused-ring (bicyclic) bond motifs is 2. The first kappa shape index (κ1) is 14.1. The number of aromatic carboxylic acids is 1. The van der Waals surface area contributed by atoms with E-state index in [1.165, 1.54) is 6.42 Å². The Morgan fingerprint density at radius 2 is 2.24 bits per heavy atom. The molecule has 2 aromatic rings. The molecule has 0 saturated heterocycles. The molecular weight excluding hydrogens is 262 g/mol. The van der Waals surface area contributed by atoms with Crippen LogP contribution >= 0.6 is 0 Å². The third-order valence-corrected chi connectivity index (χ3v) is 4.60. The molecule has 1 unspecified atom stereocenters. The van der Waals surface area contributed by atoms with E-state index in [0.29, 0.717) is 11.5 Å². The fourth-order valence-corrected chi connectivity index (χ4v) is 3.58. The highest BCUT2D eigenvalue weighted by Gasteiger charge is 2.26. The molecule has 0 radical (unpaired) electrons. The van der Waals surface area contributed by atoms with Crippen molar-refractivity contribution in [2.45, 2.75) is 46.0 Å². The van der Waals surface area contributed by atoms with E-state index in [1.54, 1.807) is 0 Å². The van der Waals surface area contributed by atoms with Gasteiger partial charge in [0.25, 0.3) is 0 Å². The largest absolute Gasteiger partial charge is 0.478 e. The molecule has 1 aromatic carbocycles. The van der Waals surface area contributed by atoms with Gasteiger partial charge in [0.05, 0.1) is 11.1 Å². The predicted molar refractivity (Wildman–Crippen MR) is 83.9 cm³/mol. The molecule has 0 spiro atoms. The van der Waals surface area contributed by atoms with Gasteiger partial charge >= 0.3 is 5.97 Å². The average Bonchev–Trinajstić information content (AvgIpc) is 2.45. The van der Waals surface area contributed by atoms with Crippen molar-refractivity contribution >= 4 is 16.9 Å². The molecule has 0 fully saturated rings. The molecule has 1 aliphatic carbocycles. The normalized spacial score (nSPS) is 17.7. The minimum absolute atomic E-state index is 0.486. The highest BCUT2D eigenvalue weighted by molar-refractivity contribution is 6.04. The molecule has 1 N–H and O–H groups in total. The van der Waals surface area contributed by atoms with Gasteiger partial charge < -0.3 is 5.11 Å². The SMILES string of the molecule is CCCC1CCc2nc3c(C)cccc3c(C(=O)O)c2C1. The second kappa shape index (κ2) is 5.47. The molecule has 1 aromatic heterocycles. The zero-order chi connectivity index (χ0) is 15.0. The van der Waals surface area contributed by atoms with Crippen LogP contribution in [0.1, 0.15) is 53.4 Å². The van der Waals surface area contributed by atoms with Gasteiger partial charge in [-0.1, -0.05) is 38.0 Å². The van der Waals surface area contributed by atoms with Crippen LogP contribution in [-0.2, 0) is 12.8 Å². The molecule has 3 heteroatoms. The maximum atomic E-state index is 11.8. The van der Waals surface area contributed by atoms with E-state index in [4.69, 9.17) is 4.98 Å². The summed E-state index contributed by atoms with van der Waals surface area (Å²) in [5.41, 5.74) is 4.36. The molecular formula is C18H21NO2. The van der Waals surface area contributed by atoms with Crippen molar-refractivity contribution < 1.29 is 9.90 Å². The van der Waals surface area contributed by atoms with E-state index in [1.807, 2.05) is 25.1 Å². The van der Waals surface area contributed by atoms with Crippen LogP contribution < -0.4 is 0 Å². The van der Waals surface area contributed by atoms with Crippen molar-refractivity contribution in [1.29, 1.82) is 0 Å². The highest BCUT2D eigenvalue weighted by Crippen LogP contribution is 2.34. The Labute approximate surface area is 125 Å². The van der Waals surface area contributed by atoms with Gasteiger partial charge in [-0.05, 0) is 43.2 Å². The lowest BCUT2D eigenvalue weighted by Crippen LogP contribution is -2.20. The summed E-state index contributed by atoms with van der Waals surface area (Å²) in [6.07, 6.45) is 5.23. The first-order chi connectivity index (χ1) is 10.1. The predicted octanol–water partition coefficient (Wildman–Crippen LogP) is 4.15. The number of hydrogen-bond acceptors (Lipinski definition) is 2. The van der Waals surface area contributed by atoms with Crippen LogP contribution in [0.5, 0.6) is 0 Å². The molecule has 3 rings (SSSR count). The lowest BCUT2D eigenvalue weighted by molar-refractivity contribution is 0.0697. The van der Waals surface area contributed by atoms with Crippen LogP contribution in [0.4, 0.5) is 0 Å². The standard InChI is InChI=1S/C18H21NO2/c1-3-5-12-8-9-15-14(10-12)16(18(20)21)13-7-4-6-11(2)17(13)19-15/h4,6-7,12H,3,5,8-10H2,1-2H3,(H,20,21). The van der Waals surface area contributed by atoms with Gasteiger partial charge in [-0.2, -0.15) is 0 Å². The molecule has 0 amide bonds. The van der Waals surface area contributed by atoms with Crippen LogP contribution in [-0.4, -0.2) is 16.1 Å². The van der Waals surface area contributed by atoms with Gasteiger partial charge in [-0.25, -0.2) is 4.79 Å². The van der Waals surface area contributed by atoms with Gasteiger partial charge in [0.1, 0.15) is 0 Å². The number of benzene rings is 1. The Balaban J connectivity index is 2.23. The van der Waals surface area contributed by atoms with Gasteiger partial charge in [-0.15, -0.1) is 0 Å². The van der Waals surface area contributed by atoms with E-state index in [9.17, 15) is 9.90 Å². The number of carbonyl (C=O) groups is 1. The molecule has 0 saturated carbocycles. The second-order valence-corrected chi connectivity index (χ2v) is 6.09. The maximum absolute atomic E-state index is 11.8. The van der Waals surface area contributed by atoms with Crippen molar-refractivity contribution in [3.8, 4) is 0 Å². The van der Waals surface area contributed by atoms with Crippen molar-refractivity contribution in [2.24, 2.45) is 5.92 Å². The van der Waals surface area contributed by atoms with Crippen LogP contribution in [0.3, 0.4) is 0 Å². The molecule has 1 atom stereocenters. The lowest BCUT2D eigenvalue weighted by Gasteiger charge is -2.26. The third-order valence-electron chi connectivity index (χ3n) is 4.60. The first-order valence-corrected chi connectivity index (χ1v) is 7.76. The maximum Gasteiger partial charge on any atom is 0.336 e. The summed E-state index contributed by atoms with van der Waals surface area (Å²) in [5.74, 6) is -0.217. The number of carboxylic acid groups (broad SMARTS) is 1. The number of hydrogen-bond donors (Lipinski definition) is 1. The topological polar surface area (TPSA) is 50.2 Å². The Morgan fingerprint density at radius 3 is 2.95 bits per heavy atom. The zero-order valence-corrected chi connectivity index (χ0v) is 12.6. The monoisotopic (exact) mass is 283 g/mol. The van der Waals surface area contributed by atoms with E-state index >= 15 is 0 Å². The van der Waals surface area contributed by atoms with Gasteiger partial charge in [0, 0.05) is 11.1 Å². The van der Waals surface area contributed by atoms with Crippen LogP contribution in [0.2, 0.25) is 0 Å². The fourth-order valence-electron chi connectivity index (χ4n) is 3.58. The van der Waals surface area contributed by atoms with Crippen molar-refractivity contribution in [1.82, 2.24) is 4.98 Å². The van der Waals surface area contributed by atoms with Crippen molar-refractivity contribution in [3.63, 3.8) is 0 Å². The van der Waals surface area contributed by atoms with E-state index in [-0.39, 0.29) is 0 Å². The summed E-state index contributed by atoms with van der Waals surface area (Å²) in [6, 6.07) is 5.81. The van der Waals surface area contributed by atoms with Crippen LogP contribution in [0, 0.1) is 12.8 Å². The molecule has 110 valence electrons. The lowest BCUT2D eigenvalue weighted by atomic mass is 9.81. The quantitative estimate of drug-likeness (QED) is 0.920. The smallest absolute Gasteiger partial charge is 0.336 e. The molecule has 3 nitrogen and oxygen atoms in total. The summed E-state index contributed by atoms with van der Waals surface area (Å²) in [5, 5.41) is 10.5.